The van der Waals surface area contributed by atoms with Gasteiger partial charge in [0.15, 0.2) is 23.1 Å². The highest BCUT2D eigenvalue weighted by Crippen LogP contribution is 2.42. The molecule has 218 valence electrons. The summed E-state index contributed by atoms with van der Waals surface area (Å²) in [5.74, 6) is 2.04. The molecule has 0 amide bonds. The lowest BCUT2D eigenvalue weighted by Crippen LogP contribution is -2.16. The van der Waals surface area contributed by atoms with Gasteiger partial charge in [0.2, 0.25) is 5.82 Å². The van der Waals surface area contributed by atoms with Crippen LogP contribution in [0.1, 0.15) is 79.1 Å². The minimum absolute atomic E-state index is 0.0517. The standard InChI is InChI=1S/C37H39N5O/c1-35(2,3)24-20-25-27-29(43-28(25)26(21-24)36(4,5)6)30(37(7,8)9)39-33(38-27)34-41-31(22-16-12-10-13-17-22)40-32(42-34)23-18-14-11-15-19-23/h10-21H,1-9H3. The molecule has 0 bridgehead atoms. The van der Waals surface area contributed by atoms with Crippen LogP contribution in [0.15, 0.2) is 77.2 Å². The minimum Gasteiger partial charge on any atom is -0.452 e. The first-order valence-electron chi connectivity index (χ1n) is 14.9. The van der Waals surface area contributed by atoms with Crippen molar-refractivity contribution in [1.29, 1.82) is 0 Å². The molecule has 3 heterocycles. The molecule has 6 rings (SSSR count). The Kier molecular flexibility index (Phi) is 6.72. The van der Waals surface area contributed by atoms with Crippen molar-refractivity contribution in [2.45, 2.75) is 78.6 Å². The molecule has 43 heavy (non-hydrogen) atoms. The Hall–Kier alpha value is -4.45. The van der Waals surface area contributed by atoms with Crippen molar-refractivity contribution < 1.29 is 4.42 Å². The fraction of sp³-hybridized carbons (Fsp3) is 0.324. The molecule has 0 spiro atoms. The average Bonchev–Trinajstić information content (AvgIpc) is 3.34. The van der Waals surface area contributed by atoms with E-state index in [1.165, 1.54) is 5.56 Å². The highest BCUT2D eigenvalue weighted by Gasteiger charge is 2.30. The molecule has 0 radical (unpaired) electrons. The second-order valence-corrected chi connectivity index (χ2v) is 14.4. The van der Waals surface area contributed by atoms with Crippen molar-refractivity contribution in [3.63, 3.8) is 0 Å². The van der Waals surface area contributed by atoms with Gasteiger partial charge in [-0.25, -0.2) is 24.9 Å². The predicted octanol–water partition coefficient (Wildman–Crippen LogP) is 9.45. The third-order valence-corrected chi connectivity index (χ3v) is 7.70. The Bertz CT molecular complexity index is 1900. The predicted molar refractivity (Wildman–Crippen MR) is 175 cm³/mol. The number of fused-ring (bicyclic) bond motifs is 3. The first kappa shape index (κ1) is 28.7. The molecule has 3 aromatic carbocycles. The summed E-state index contributed by atoms with van der Waals surface area (Å²) in [6.07, 6.45) is 0. The molecule has 0 unspecified atom stereocenters. The largest absolute Gasteiger partial charge is 0.452 e. The van der Waals surface area contributed by atoms with Gasteiger partial charge in [-0.2, -0.15) is 0 Å². The second kappa shape index (κ2) is 10.1. The van der Waals surface area contributed by atoms with E-state index in [0.717, 1.165) is 38.9 Å². The Morgan fingerprint density at radius 2 is 1.00 bits per heavy atom. The molecule has 0 aliphatic carbocycles. The third kappa shape index (κ3) is 5.42. The maximum absolute atomic E-state index is 6.73. The highest BCUT2D eigenvalue weighted by atomic mass is 16.3. The van der Waals surface area contributed by atoms with Crippen LogP contribution >= 0.6 is 0 Å². The zero-order chi connectivity index (χ0) is 30.7. The van der Waals surface area contributed by atoms with Crippen molar-refractivity contribution in [2.75, 3.05) is 0 Å². The molecule has 3 aromatic heterocycles. The number of furan rings is 1. The van der Waals surface area contributed by atoms with Crippen LogP contribution in [0, 0.1) is 0 Å². The average molecular weight is 570 g/mol. The minimum atomic E-state index is -0.323. The van der Waals surface area contributed by atoms with Gasteiger partial charge in [0.25, 0.3) is 0 Å². The van der Waals surface area contributed by atoms with E-state index < -0.39 is 0 Å². The van der Waals surface area contributed by atoms with Gasteiger partial charge in [0, 0.05) is 27.5 Å². The van der Waals surface area contributed by atoms with E-state index in [1.807, 2.05) is 60.7 Å². The highest BCUT2D eigenvalue weighted by molar-refractivity contribution is 6.05. The fourth-order valence-corrected chi connectivity index (χ4v) is 5.25. The van der Waals surface area contributed by atoms with E-state index >= 15 is 0 Å². The van der Waals surface area contributed by atoms with Gasteiger partial charge in [-0.15, -0.1) is 0 Å². The van der Waals surface area contributed by atoms with Gasteiger partial charge >= 0.3 is 0 Å². The summed E-state index contributed by atoms with van der Waals surface area (Å²) in [6, 6.07) is 24.4. The second-order valence-electron chi connectivity index (χ2n) is 14.4. The lowest BCUT2D eigenvalue weighted by molar-refractivity contribution is 0.541. The molecule has 6 nitrogen and oxygen atoms in total. The maximum atomic E-state index is 6.73. The van der Waals surface area contributed by atoms with Crippen LogP contribution in [-0.2, 0) is 16.2 Å². The Morgan fingerprint density at radius 3 is 1.49 bits per heavy atom. The Morgan fingerprint density at radius 1 is 0.488 bits per heavy atom. The molecular weight excluding hydrogens is 530 g/mol. The molecular formula is C37H39N5O. The SMILES string of the molecule is CC(C)(C)c1cc(C(C)(C)C)c2oc3c(C(C)(C)C)nc(-c4nc(-c5ccccc5)nc(-c5ccccc5)n4)nc3c2c1. The number of rotatable bonds is 3. The van der Waals surface area contributed by atoms with Crippen LogP contribution in [0.2, 0.25) is 0 Å². The van der Waals surface area contributed by atoms with E-state index in [2.05, 4.69) is 74.4 Å². The summed E-state index contributed by atoms with van der Waals surface area (Å²) < 4.78 is 6.73. The van der Waals surface area contributed by atoms with Crippen molar-refractivity contribution >= 4 is 22.1 Å². The molecule has 0 aliphatic rings. The normalized spacial score (nSPS) is 12.8. The van der Waals surface area contributed by atoms with E-state index in [0.29, 0.717) is 28.9 Å². The summed E-state index contributed by atoms with van der Waals surface area (Å²) in [6.45, 7) is 19.8. The van der Waals surface area contributed by atoms with Crippen LogP contribution in [0.5, 0.6) is 0 Å². The molecule has 0 aliphatic heterocycles. The monoisotopic (exact) mass is 569 g/mol. The van der Waals surface area contributed by atoms with Gasteiger partial charge in [-0.05, 0) is 22.5 Å². The maximum Gasteiger partial charge on any atom is 0.201 e. The van der Waals surface area contributed by atoms with E-state index in [1.54, 1.807) is 0 Å². The fourth-order valence-electron chi connectivity index (χ4n) is 5.25. The summed E-state index contributed by atoms with van der Waals surface area (Å²) in [5, 5.41) is 0.988. The van der Waals surface area contributed by atoms with E-state index in [-0.39, 0.29) is 16.2 Å². The van der Waals surface area contributed by atoms with E-state index in [9.17, 15) is 0 Å². The molecule has 0 atom stereocenters. The van der Waals surface area contributed by atoms with Crippen molar-refractivity contribution in [3.8, 4) is 34.4 Å². The van der Waals surface area contributed by atoms with Gasteiger partial charge in [-0.1, -0.05) is 129 Å². The van der Waals surface area contributed by atoms with Crippen LogP contribution in [-0.4, -0.2) is 24.9 Å². The smallest absolute Gasteiger partial charge is 0.201 e. The summed E-state index contributed by atoms with van der Waals surface area (Å²) in [5.41, 5.74) is 6.87. The molecule has 0 N–H and O–H groups in total. The van der Waals surface area contributed by atoms with Gasteiger partial charge in [0.1, 0.15) is 11.1 Å². The van der Waals surface area contributed by atoms with Crippen LogP contribution in [0.3, 0.4) is 0 Å². The summed E-state index contributed by atoms with van der Waals surface area (Å²) in [7, 11) is 0. The van der Waals surface area contributed by atoms with Crippen molar-refractivity contribution in [3.05, 3.63) is 89.6 Å². The zero-order valence-corrected chi connectivity index (χ0v) is 26.6. The van der Waals surface area contributed by atoms with Crippen molar-refractivity contribution in [2.24, 2.45) is 0 Å². The number of aromatic nitrogens is 5. The lowest BCUT2D eigenvalue weighted by atomic mass is 9.79. The van der Waals surface area contributed by atoms with Crippen molar-refractivity contribution in [1.82, 2.24) is 24.9 Å². The zero-order valence-electron chi connectivity index (χ0n) is 26.6. The molecule has 6 aromatic rings. The Balaban J connectivity index is 1.70. The van der Waals surface area contributed by atoms with Gasteiger partial charge in [-0.3, -0.25) is 0 Å². The third-order valence-electron chi connectivity index (χ3n) is 7.70. The number of benzene rings is 3. The summed E-state index contributed by atoms with van der Waals surface area (Å²) in [4.78, 5) is 25.0. The molecule has 0 saturated heterocycles. The molecule has 0 fully saturated rings. The van der Waals surface area contributed by atoms with Crippen LogP contribution < -0.4 is 0 Å². The van der Waals surface area contributed by atoms with Gasteiger partial charge in [0.05, 0.1) is 5.69 Å². The van der Waals surface area contributed by atoms with E-state index in [4.69, 9.17) is 29.3 Å². The number of hydrogen-bond acceptors (Lipinski definition) is 6. The topological polar surface area (TPSA) is 77.6 Å². The molecule has 6 heteroatoms. The molecule has 0 saturated carbocycles. The van der Waals surface area contributed by atoms with Crippen LogP contribution in [0.4, 0.5) is 0 Å². The number of nitrogens with zero attached hydrogens (tertiary/aromatic N) is 5. The first-order chi connectivity index (χ1) is 20.2. The number of hydrogen-bond donors (Lipinski definition) is 0. The van der Waals surface area contributed by atoms with Crippen LogP contribution in [0.25, 0.3) is 56.5 Å². The quantitative estimate of drug-likeness (QED) is 0.211. The lowest BCUT2D eigenvalue weighted by Gasteiger charge is -2.25. The summed E-state index contributed by atoms with van der Waals surface area (Å²) >= 11 is 0. The Labute approximate surface area is 253 Å². The first-order valence-corrected chi connectivity index (χ1v) is 14.9. The van der Waals surface area contributed by atoms with Gasteiger partial charge < -0.3 is 4.42 Å².